The van der Waals surface area contributed by atoms with Gasteiger partial charge in [0.05, 0.1) is 10.6 Å². The average molecular weight is 359 g/mol. The average Bonchev–Trinajstić information content (AvgIpc) is 2.90. The highest BCUT2D eigenvalue weighted by molar-refractivity contribution is 9.10. The zero-order valence-corrected chi connectivity index (χ0v) is 13.7. The van der Waals surface area contributed by atoms with Crippen LogP contribution in [0.1, 0.15) is 25.7 Å². The summed E-state index contributed by atoms with van der Waals surface area (Å²) in [5.41, 5.74) is 0.754. The van der Waals surface area contributed by atoms with Crippen molar-refractivity contribution in [2.75, 3.05) is 13.1 Å². The minimum absolute atomic E-state index is 0.466. The maximum absolute atomic E-state index is 6.14. The van der Waals surface area contributed by atoms with Crippen LogP contribution >= 0.6 is 27.5 Å². The molecule has 1 aromatic heterocycles. The van der Waals surface area contributed by atoms with Crippen LogP contribution in [0.15, 0.2) is 27.1 Å². The van der Waals surface area contributed by atoms with E-state index in [4.69, 9.17) is 16.0 Å². The first-order valence-electron chi connectivity index (χ1n) is 6.69. The predicted octanol–water partition coefficient (Wildman–Crippen LogP) is 4.08. The Bertz CT molecular complexity index is 559. The molecule has 0 aliphatic rings. The van der Waals surface area contributed by atoms with Gasteiger partial charge in [0.25, 0.3) is 0 Å². The second kappa shape index (κ2) is 7.76. The summed E-state index contributed by atoms with van der Waals surface area (Å²) in [4.78, 5) is 0. The fourth-order valence-electron chi connectivity index (χ4n) is 1.79. The lowest BCUT2D eigenvalue weighted by molar-refractivity contribution is 0.491. The number of aromatic nitrogens is 2. The van der Waals surface area contributed by atoms with Gasteiger partial charge in [-0.25, -0.2) is 0 Å². The Hall–Kier alpha value is -0.910. The van der Waals surface area contributed by atoms with E-state index in [1.807, 2.05) is 12.1 Å². The molecular weight excluding hydrogens is 342 g/mol. The molecule has 0 bridgehead atoms. The molecule has 0 saturated heterocycles. The lowest BCUT2D eigenvalue weighted by Gasteiger charge is -2.00. The van der Waals surface area contributed by atoms with Crippen molar-refractivity contribution in [3.63, 3.8) is 0 Å². The van der Waals surface area contributed by atoms with Gasteiger partial charge in [-0.2, -0.15) is 0 Å². The molecule has 6 heteroatoms. The van der Waals surface area contributed by atoms with E-state index >= 15 is 0 Å². The molecule has 0 aliphatic heterocycles. The molecule has 1 heterocycles. The van der Waals surface area contributed by atoms with Crippen LogP contribution in [0.25, 0.3) is 11.5 Å². The molecule has 4 nitrogen and oxygen atoms in total. The first-order valence-corrected chi connectivity index (χ1v) is 7.86. The fraction of sp³-hybridized carbons (Fsp3) is 0.429. The van der Waals surface area contributed by atoms with E-state index in [2.05, 4.69) is 38.4 Å². The van der Waals surface area contributed by atoms with Crippen LogP contribution in [0.5, 0.6) is 0 Å². The largest absolute Gasteiger partial charge is 0.421 e. The molecule has 0 unspecified atom stereocenters. The van der Waals surface area contributed by atoms with Gasteiger partial charge >= 0.3 is 0 Å². The van der Waals surface area contributed by atoms with Crippen molar-refractivity contribution in [1.29, 1.82) is 0 Å². The fourth-order valence-corrected chi connectivity index (χ4v) is 2.35. The summed E-state index contributed by atoms with van der Waals surface area (Å²) >= 11 is 9.55. The molecule has 0 saturated carbocycles. The van der Waals surface area contributed by atoms with Crippen LogP contribution in [0, 0.1) is 0 Å². The highest BCUT2D eigenvalue weighted by Crippen LogP contribution is 2.29. The van der Waals surface area contributed by atoms with Crippen molar-refractivity contribution in [1.82, 2.24) is 15.5 Å². The van der Waals surface area contributed by atoms with E-state index in [1.165, 1.54) is 0 Å². The number of hydrogen-bond donors (Lipinski definition) is 1. The van der Waals surface area contributed by atoms with Crippen molar-refractivity contribution in [2.24, 2.45) is 0 Å². The van der Waals surface area contributed by atoms with E-state index < -0.39 is 0 Å². The molecule has 2 rings (SSSR count). The highest BCUT2D eigenvalue weighted by Gasteiger charge is 2.12. The number of benzene rings is 1. The molecule has 0 atom stereocenters. The second-order valence-corrected chi connectivity index (χ2v) is 5.80. The van der Waals surface area contributed by atoms with Gasteiger partial charge in [0.1, 0.15) is 0 Å². The first-order chi connectivity index (χ1) is 9.70. The van der Waals surface area contributed by atoms with Crippen molar-refractivity contribution < 1.29 is 4.42 Å². The summed E-state index contributed by atoms with van der Waals surface area (Å²) in [6.07, 6.45) is 2.90. The van der Waals surface area contributed by atoms with Crippen LogP contribution in [0.3, 0.4) is 0 Å². The lowest BCUT2D eigenvalue weighted by atomic mass is 10.2. The third-order valence-electron chi connectivity index (χ3n) is 2.80. The maximum atomic E-state index is 6.14. The number of nitrogens with one attached hydrogen (secondary N) is 1. The van der Waals surface area contributed by atoms with Gasteiger partial charge in [-0.15, -0.1) is 10.2 Å². The van der Waals surface area contributed by atoms with Gasteiger partial charge in [0.15, 0.2) is 0 Å². The molecule has 108 valence electrons. The first kappa shape index (κ1) is 15.5. The summed E-state index contributed by atoms with van der Waals surface area (Å²) in [5.74, 6) is 1.11. The Labute approximate surface area is 132 Å². The third kappa shape index (κ3) is 4.30. The van der Waals surface area contributed by atoms with Crippen LogP contribution < -0.4 is 5.32 Å². The normalized spacial score (nSPS) is 10.9. The summed E-state index contributed by atoms with van der Waals surface area (Å²) in [6.45, 7) is 4.16. The number of hydrogen-bond acceptors (Lipinski definition) is 4. The minimum atomic E-state index is 0.466. The summed E-state index contributed by atoms with van der Waals surface area (Å²) in [7, 11) is 0. The zero-order valence-electron chi connectivity index (χ0n) is 11.3. The quantitative estimate of drug-likeness (QED) is 0.758. The summed E-state index contributed by atoms with van der Waals surface area (Å²) in [5, 5.41) is 12.1. The van der Waals surface area contributed by atoms with Crippen molar-refractivity contribution in [3.8, 4) is 11.5 Å². The number of nitrogens with zero attached hydrogens (tertiary/aromatic N) is 2. The molecule has 1 N–H and O–H groups in total. The monoisotopic (exact) mass is 357 g/mol. The van der Waals surface area contributed by atoms with Gasteiger partial charge < -0.3 is 9.73 Å². The van der Waals surface area contributed by atoms with Crippen molar-refractivity contribution >= 4 is 27.5 Å². The minimum Gasteiger partial charge on any atom is -0.421 e. The Kier molecular flexibility index (Phi) is 6.01. The Morgan fingerprint density at radius 1 is 1.30 bits per heavy atom. The Morgan fingerprint density at radius 3 is 2.95 bits per heavy atom. The highest BCUT2D eigenvalue weighted by atomic mass is 79.9. The maximum Gasteiger partial charge on any atom is 0.249 e. The molecule has 0 radical (unpaired) electrons. The van der Waals surface area contributed by atoms with Crippen molar-refractivity contribution in [2.45, 2.75) is 26.2 Å². The smallest absolute Gasteiger partial charge is 0.249 e. The standard InChI is InChI=1S/C14H17BrClN3O/c1-2-7-17-8-3-4-13-18-19-14(20-13)11-9-10(15)5-6-12(11)16/h5-6,9,17H,2-4,7-8H2,1H3. The molecule has 0 fully saturated rings. The van der Waals surface area contributed by atoms with E-state index in [-0.39, 0.29) is 0 Å². The molecule has 0 aliphatic carbocycles. The number of halogens is 2. The molecular formula is C14H17BrClN3O. The lowest BCUT2D eigenvalue weighted by Crippen LogP contribution is -2.16. The molecule has 2 aromatic rings. The number of rotatable bonds is 7. The predicted molar refractivity (Wildman–Crippen MR) is 83.9 cm³/mol. The molecule has 0 amide bonds. The third-order valence-corrected chi connectivity index (χ3v) is 3.62. The van der Waals surface area contributed by atoms with Gasteiger partial charge in [-0.1, -0.05) is 34.5 Å². The number of aryl methyl sites for hydroxylation is 1. The Morgan fingerprint density at radius 2 is 2.15 bits per heavy atom. The summed E-state index contributed by atoms with van der Waals surface area (Å²) in [6, 6.07) is 5.56. The van der Waals surface area contributed by atoms with Crippen LogP contribution in [0.4, 0.5) is 0 Å². The molecule has 0 spiro atoms. The molecule has 1 aromatic carbocycles. The second-order valence-electron chi connectivity index (χ2n) is 4.48. The zero-order chi connectivity index (χ0) is 14.4. The van der Waals surface area contributed by atoms with E-state index in [0.717, 1.165) is 42.4 Å². The Balaban J connectivity index is 1.96. The summed E-state index contributed by atoms with van der Waals surface area (Å²) < 4.78 is 6.59. The van der Waals surface area contributed by atoms with E-state index in [9.17, 15) is 0 Å². The van der Waals surface area contributed by atoms with Gasteiger partial charge in [-0.05, 0) is 44.1 Å². The SMILES string of the molecule is CCCNCCCc1nnc(-c2cc(Br)ccc2Cl)o1. The topological polar surface area (TPSA) is 51.0 Å². The van der Waals surface area contributed by atoms with Crippen LogP contribution in [0.2, 0.25) is 5.02 Å². The van der Waals surface area contributed by atoms with Gasteiger partial charge in [0, 0.05) is 10.9 Å². The van der Waals surface area contributed by atoms with Crippen molar-refractivity contribution in [3.05, 3.63) is 33.6 Å². The molecule has 20 heavy (non-hydrogen) atoms. The van der Waals surface area contributed by atoms with Crippen LogP contribution in [-0.2, 0) is 6.42 Å². The van der Waals surface area contributed by atoms with E-state index in [0.29, 0.717) is 16.8 Å². The van der Waals surface area contributed by atoms with Gasteiger partial charge in [-0.3, -0.25) is 0 Å². The van der Waals surface area contributed by atoms with Crippen LogP contribution in [-0.4, -0.2) is 23.3 Å². The van der Waals surface area contributed by atoms with Gasteiger partial charge in [0.2, 0.25) is 11.8 Å². The van der Waals surface area contributed by atoms with E-state index in [1.54, 1.807) is 6.07 Å².